The van der Waals surface area contributed by atoms with Gasteiger partial charge in [0.15, 0.2) is 0 Å². The Bertz CT molecular complexity index is 426. The number of nitrogens with zero attached hydrogens (tertiary/aromatic N) is 2. The summed E-state index contributed by atoms with van der Waals surface area (Å²) in [7, 11) is 0. The molecule has 0 aromatic heterocycles. The largest absolute Gasteiger partial charge is 0.369 e. The second-order valence-electron chi connectivity index (χ2n) is 4.78. The van der Waals surface area contributed by atoms with Crippen LogP contribution in [0.2, 0.25) is 0 Å². The molecule has 1 fully saturated rings. The Kier molecular flexibility index (Phi) is 3.65. The summed E-state index contributed by atoms with van der Waals surface area (Å²) in [5.74, 6) is 0.452. The van der Waals surface area contributed by atoms with Gasteiger partial charge < -0.3 is 10.2 Å². The van der Waals surface area contributed by atoms with Crippen LogP contribution < -0.4 is 10.2 Å². The van der Waals surface area contributed by atoms with E-state index in [2.05, 4.69) is 36.2 Å². The molecule has 2 rings (SSSR count). The molecule has 1 saturated heterocycles. The first-order valence-corrected chi connectivity index (χ1v) is 6.22. The van der Waals surface area contributed by atoms with Crippen LogP contribution in [-0.2, 0) is 0 Å². The fourth-order valence-electron chi connectivity index (χ4n) is 2.28. The van der Waals surface area contributed by atoms with Crippen molar-refractivity contribution in [2.75, 3.05) is 31.1 Å². The van der Waals surface area contributed by atoms with Crippen LogP contribution in [0.1, 0.15) is 30.9 Å². The normalized spacial score (nSPS) is 16.0. The molecule has 0 radical (unpaired) electrons. The Morgan fingerprint density at radius 2 is 2.00 bits per heavy atom. The predicted molar refractivity (Wildman–Crippen MR) is 70.3 cm³/mol. The van der Waals surface area contributed by atoms with Gasteiger partial charge in [0.25, 0.3) is 0 Å². The van der Waals surface area contributed by atoms with Crippen molar-refractivity contribution < 1.29 is 0 Å². The van der Waals surface area contributed by atoms with Crippen LogP contribution in [0.15, 0.2) is 18.2 Å². The molecule has 0 atom stereocenters. The SMILES string of the molecule is CC(C)c1cc(C#N)ccc1N1CCNCC1. The minimum Gasteiger partial charge on any atom is -0.369 e. The first-order valence-electron chi connectivity index (χ1n) is 6.22. The number of piperazine rings is 1. The maximum absolute atomic E-state index is 8.97. The monoisotopic (exact) mass is 229 g/mol. The number of nitriles is 1. The molecule has 0 saturated carbocycles. The van der Waals surface area contributed by atoms with Crippen molar-refractivity contribution >= 4 is 5.69 Å². The minimum absolute atomic E-state index is 0.452. The highest BCUT2D eigenvalue weighted by atomic mass is 15.2. The van der Waals surface area contributed by atoms with Crippen LogP contribution in [0.25, 0.3) is 0 Å². The van der Waals surface area contributed by atoms with Crippen molar-refractivity contribution in [2.45, 2.75) is 19.8 Å². The van der Waals surface area contributed by atoms with E-state index < -0.39 is 0 Å². The van der Waals surface area contributed by atoms with Crippen LogP contribution in [0.5, 0.6) is 0 Å². The molecule has 0 unspecified atom stereocenters. The van der Waals surface area contributed by atoms with Crippen molar-refractivity contribution in [1.82, 2.24) is 5.32 Å². The summed E-state index contributed by atoms with van der Waals surface area (Å²) < 4.78 is 0. The topological polar surface area (TPSA) is 39.1 Å². The molecular weight excluding hydrogens is 210 g/mol. The highest BCUT2D eigenvalue weighted by Crippen LogP contribution is 2.28. The lowest BCUT2D eigenvalue weighted by Crippen LogP contribution is -2.43. The van der Waals surface area contributed by atoms with Gasteiger partial charge in [-0.2, -0.15) is 5.26 Å². The zero-order valence-electron chi connectivity index (χ0n) is 10.5. The van der Waals surface area contributed by atoms with Gasteiger partial charge in [0.2, 0.25) is 0 Å². The molecule has 17 heavy (non-hydrogen) atoms. The van der Waals surface area contributed by atoms with E-state index in [1.165, 1.54) is 11.3 Å². The third-order valence-electron chi connectivity index (χ3n) is 3.24. The van der Waals surface area contributed by atoms with Gasteiger partial charge in [-0.1, -0.05) is 13.8 Å². The summed E-state index contributed by atoms with van der Waals surface area (Å²) in [6.45, 7) is 8.54. The summed E-state index contributed by atoms with van der Waals surface area (Å²) in [6.07, 6.45) is 0. The standard InChI is InChI=1S/C14H19N3/c1-11(2)13-9-12(10-15)3-4-14(13)17-7-5-16-6-8-17/h3-4,9,11,16H,5-8H2,1-2H3. The van der Waals surface area contributed by atoms with Gasteiger partial charge in [0.05, 0.1) is 11.6 Å². The Morgan fingerprint density at radius 1 is 1.29 bits per heavy atom. The maximum Gasteiger partial charge on any atom is 0.0991 e. The number of anilines is 1. The average Bonchev–Trinajstić information content (AvgIpc) is 2.39. The predicted octanol–water partition coefficient (Wildman–Crippen LogP) is 2.09. The summed E-state index contributed by atoms with van der Waals surface area (Å²) in [4.78, 5) is 2.41. The lowest BCUT2D eigenvalue weighted by Gasteiger charge is -2.32. The number of hydrogen-bond acceptors (Lipinski definition) is 3. The lowest BCUT2D eigenvalue weighted by atomic mass is 9.98. The molecule has 1 aliphatic rings. The van der Waals surface area contributed by atoms with Gasteiger partial charge in [-0.25, -0.2) is 0 Å². The highest BCUT2D eigenvalue weighted by molar-refractivity contribution is 5.58. The van der Waals surface area contributed by atoms with E-state index in [-0.39, 0.29) is 0 Å². The molecule has 0 bridgehead atoms. The lowest BCUT2D eigenvalue weighted by molar-refractivity contribution is 0.586. The van der Waals surface area contributed by atoms with Crippen molar-refractivity contribution in [3.05, 3.63) is 29.3 Å². The van der Waals surface area contributed by atoms with E-state index in [0.29, 0.717) is 5.92 Å². The van der Waals surface area contributed by atoms with Gasteiger partial charge in [-0.3, -0.25) is 0 Å². The number of hydrogen-bond donors (Lipinski definition) is 1. The number of rotatable bonds is 2. The molecule has 3 nitrogen and oxygen atoms in total. The second-order valence-corrected chi connectivity index (χ2v) is 4.78. The van der Waals surface area contributed by atoms with E-state index in [0.717, 1.165) is 31.7 Å². The summed E-state index contributed by atoms with van der Waals surface area (Å²) in [5.41, 5.74) is 3.33. The molecule has 0 spiro atoms. The van der Waals surface area contributed by atoms with E-state index >= 15 is 0 Å². The number of benzene rings is 1. The molecule has 1 heterocycles. The summed E-state index contributed by atoms with van der Waals surface area (Å²) in [5, 5.41) is 12.3. The number of nitrogens with one attached hydrogen (secondary N) is 1. The molecular formula is C14H19N3. The van der Waals surface area contributed by atoms with E-state index in [9.17, 15) is 0 Å². The van der Waals surface area contributed by atoms with Gasteiger partial charge in [-0.05, 0) is 29.7 Å². The van der Waals surface area contributed by atoms with E-state index in [4.69, 9.17) is 5.26 Å². The van der Waals surface area contributed by atoms with Crippen LogP contribution in [0, 0.1) is 11.3 Å². The first-order chi connectivity index (χ1) is 8.22. The molecule has 0 aliphatic carbocycles. The maximum atomic E-state index is 8.97. The van der Waals surface area contributed by atoms with Gasteiger partial charge in [-0.15, -0.1) is 0 Å². The van der Waals surface area contributed by atoms with E-state index in [1.807, 2.05) is 12.1 Å². The van der Waals surface area contributed by atoms with E-state index in [1.54, 1.807) is 0 Å². The van der Waals surface area contributed by atoms with Crippen LogP contribution >= 0.6 is 0 Å². The quantitative estimate of drug-likeness (QED) is 0.844. The molecule has 1 N–H and O–H groups in total. The van der Waals surface area contributed by atoms with Crippen LogP contribution in [-0.4, -0.2) is 26.2 Å². The molecule has 1 aromatic rings. The third-order valence-corrected chi connectivity index (χ3v) is 3.24. The average molecular weight is 229 g/mol. The minimum atomic E-state index is 0.452. The fourth-order valence-corrected chi connectivity index (χ4v) is 2.28. The van der Waals surface area contributed by atoms with Gasteiger partial charge in [0.1, 0.15) is 0 Å². The highest BCUT2D eigenvalue weighted by Gasteiger charge is 2.16. The second kappa shape index (κ2) is 5.20. The summed E-state index contributed by atoms with van der Waals surface area (Å²) in [6, 6.07) is 8.27. The van der Waals surface area contributed by atoms with Crippen LogP contribution in [0.4, 0.5) is 5.69 Å². The zero-order valence-corrected chi connectivity index (χ0v) is 10.5. The molecule has 1 aliphatic heterocycles. The first kappa shape index (κ1) is 11.9. The Hall–Kier alpha value is -1.53. The van der Waals surface area contributed by atoms with Crippen molar-refractivity contribution in [3.8, 4) is 6.07 Å². The van der Waals surface area contributed by atoms with Crippen molar-refractivity contribution in [1.29, 1.82) is 5.26 Å². The van der Waals surface area contributed by atoms with Gasteiger partial charge in [0, 0.05) is 31.9 Å². The molecule has 1 aromatic carbocycles. The van der Waals surface area contributed by atoms with Crippen molar-refractivity contribution in [3.63, 3.8) is 0 Å². The molecule has 90 valence electrons. The van der Waals surface area contributed by atoms with Crippen molar-refractivity contribution in [2.24, 2.45) is 0 Å². The smallest absolute Gasteiger partial charge is 0.0991 e. The molecule has 3 heteroatoms. The zero-order chi connectivity index (χ0) is 12.3. The summed E-state index contributed by atoms with van der Waals surface area (Å²) >= 11 is 0. The fraction of sp³-hybridized carbons (Fsp3) is 0.500. The van der Waals surface area contributed by atoms with Gasteiger partial charge >= 0.3 is 0 Å². The Morgan fingerprint density at radius 3 is 2.59 bits per heavy atom. The molecule has 0 amide bonds. The third kappa shape index (κ3) is 2.59. The van der Waals surface area contributed by atoms with Crippen LogP contribution in [0.3, 0.4) is 0 Å². The Balaban J connectivity index is 2.35. The Labute approximate surface area is 103 Å².